The van der Waals surface area contributed by atoms with Crippen LogP contribution in [0.5, 0.6) is 11.5 Å². The summed E-state index contributed by atoms with van der Waals surface area (Å²) in [7, 11) is 2.99. The van der Waals surface area contributed by atoms with Crippen molar-refractivity contribution >= 4 is 17.3 Å². The molecule has 1 heterocycles. The summed E-state index contributed by atoms with van der Waals surface area (Å²) in [5.74, 6) is -1.30. The number of rotatable bonds is 4. The van der Waals surface area contributed by atoms with E-state index in [1.54, 1.807) is 18.2 Å². The Kier molecular flexibility index (Phi) is 3.88. The third-order valence-corrected chi connectivity index (χ3v) is 2.60. The van der Waals surface area contributed by atoms with Crippen LogP contribution in [0.3, 0.4) is 0 Å². The molecule has 0 spiro atoms. The van der Waals surface area contributed by atoms with Gasteiger partial charge in [0.1, 0.15) is 0 Å². The second-order valence-corrected chi connectivity index (χ2v) is 3.88. The highest BCUT2D eigenvalue weighted by molar-refractivity contribution is 5.62. The lowest BCUT2D eigenvalue weighted by Crippen LogP contribution is -2.03. The molecule has 1 aromatic carbocycles. The molecule has 0 aliphatic carbocycles. The van der Waals surface area contributed by atoms with Gasteiger partial charge in [0.25, 0.3) is 0 Å². The van der Waals surface area contributed by atoms with Crippen LogP contribution in [0.1, 0.15) is 0 Å². The molecule has 20 heavy (non-hydrogen) atoms. The molecule has 106 valence electrons. The number of halogens is 2. The fourth-order valence-electron chi connectivity index (χ4n) is 1.62. The molecular weight excluding hydrogens is 268 g/mol. The molecule has 0 radical (unpaired) electrons. The Morgan fingerprint density at radius 1 is 1.05 bits per heavy atom. The fraction of sp³-hybridized carbons (Fsp3) is 0.154. The third-order valence-electron chi connectivity index (χ3n) is 2.60. The van der Waals surface area contributed by atoms with E-state index in [1.165, 1.54) is 14.2 Å². The number of nitrogens with zero attached hydrogens (tertiary/aromatic N) is 1. The monoisotopic (exact) mass is 281 g/mol. The molecule has 1 aromatic heterocycles. The van der Waals surface area contributed by atoms with Crippen LogP contribution in [0.2, 0.25) is 0 Å². The predicted octanol–water partition coefficient (Wildman–Crippen LogP) is 2.70. The highest BCUT2D eigenvalue weighted by atomic mass is 19.1. The van der Waals surface area contributed by atoms with Crippen molar-refractivity contribution in [2.45, 2.75) is 0 Å². The first kappa shape index (κ1) is 13.9. The number of aromatic nitrogens is 1. The van der Waals surface area contributed by atoms with Gasteiger partial charge < -0.3 is 20.5 Å². The highest BCUT2D eigenvalue weighted by Gasteiger charge is 2.11. The molecule has 0 unspecified atom stereocenters. The Balaban J connectivity index is 2.33. The van der Waals surface area contributed by atoms with Gasteiger partial charge in [-0.2, -0.15) is 0 Å². The van der Waals surface area contributed by atoms with Crippen LogP contribution in [-0.4, -0.2) is 19.2 Å². The lowest BCUT2D eigenvalue weighted by atomic mass is 10.2. The average molecular weight is 281 g/mol. The highest BCUT2D eigenvalue weighted by Crippen LogP contribution is 2.31. The number of methoxy groups -OCH3 is 2. The zero-order chi connectivity index (χ0) is 14.7. The van der Waals surface area contributed by atoms with Crippen molar-refractivity contribution in [3.63, 3.8) is 0 Å². The smallest absolute Gasteiger partial charge is 0.169 e. The first-order chi connectivity index (χ1) is 9.55. The minimum atomic E-state index is -0.902. The van der Waals surface area contributed by atoms with Gasteiger partial charge >= 0.3 is 0 Å². The van der Waals surface area contributed by atoms with Crippen LogP contribution in [0.15, 0.2) is 24.3 Å². The molecular formula is C13H13F2N3O2. The van der Waals surface area contributed by atoms with E-state index < -0.39 is 11.6 Å². The minimum Gasteiger partial charge on any atom is -0.493 e. The second-order valence-electron chi connectivity index (χ2n) is 3.88. The molecule has 2 rings (SSSR count). The number of hydrogen-bond donors (Lipinski definition) is 2. The molecule has 0 saturated heterocycles. The minimum absolute atomic E-state index is 0.170. The molecule has 0 aliphatic heterocycles. The average Bonchev–Trinajstić information content (AvgIpc) is 2.44. The van der Waals surface area contributed by atoms with Gasteiger partial charge in [-0.1, -0.05) is 0 Å². The molecule has 2 aromatic rings. The van der Waals surface area contributed by atoms with E-state index in [0.717, 1.165) is 0 Å². The normalized spacial score (nSPS) is 10.2. The van der Waals surface area contributed by atoms with Crippen LogP contribution in [0.4, 0.5) is 26.1 Å². The first-order valence-electron chi connectivity index (χ1n) is 5.65. The second kappa shape index (κ2) is 5.60. The van der Waals surface area contributed by atoms with E-state index in [-0.39, 0.29) is 11.6 Å². The largest absolute Gasteiger partial charge is 0.493 e. The number of nitrogens with one attached hydrogen (secondary N) is 1. The number of nitrogens with two attached hydrogens (primary N) is 1. The Bertz CT molecular complexity index is 635. The van der Waals surface area contributed by atoms with Gasteiger partial charge in [-0.25, -0.2) is 13.8 Å². The van der Waals surface area contributed by atoms with Crippen LogP contribution >= 0.6 is 0 Å². The van der Waals surface area contributed by atoms with Crippen LogP contribution in [0, 0.1) is 11.6 Å². The number of benzene rings is 1. The maximum Gasteiger partial charge on any atom is 0.169 e. The molecule has 0 saturated carbocycles. The molecule has 0 atom stereocenters. The zero-order valence-electron chi connectivity index (χ0n) is 10.9. The van der Waals surface area contributed by atoms with E-state index in [4.69, 9.17) is 15.2 Å². The standard InChI is InChI=1S/C13H13F2N3O2/c1-19-10-4-3-7(5-11(10)20-2)17-13-9(15)6-8(14)12(16)18-13/h3-6H,1-2H3,(H3,16,17,18). The molecule has 5 nitrogen and oxygen atoms in total. The summed E-state index contributed by atoms with van der Waals surface area (Å²) < 4.78 is 36.8. The fourth-order valence-corrected chi connectivity index (χ4v) is 1.62. The van der Waals surface area contributed by atoms with Crippen molar-refractivity contribution in [1.82, 2.24) is 4.98 Å². The van der Waals surface area contributed by atoms with E-state index in [0.29, 0.717) is 23.3 Å². The Morgan fingerprint density at radius 3 is 2.40 bits per heavy atom. The topological polar surface area (TPSA) is 69.4 Å². The van der Waals surface area contributed by atoms with Gasteiger partial charge in [0.05, 0.1) is 14.2 Å². The van der Waals surface area contributed by atoms with E-state index in [2.05, 4.69) is 10.3 Å². The zero-order valence-corrected chi connectivity index (χ0v) is 10.9. The number of ether oxygens (including phenoxy) is 2. The SMILES string of the molecule is COc1ccc(Nc2nc(N)c(F)cc2F)cc1OC. The van der Waals surface area contributed by atoms with E-state index in [1.807, 2.05) is 0 Å². The van der Waals surface area contributed by atoms with Crippen LogP contribution < -0.4 is 20.5 Å². The van der Waals surface area contributed by atoms with Gasteiger partial charge in [-0.05, 0) is 12.1 Å². The molecule has 3 N–H and O–H groups in total. The van der Waals surface area contributed by atoms with Gasteiger partial charge in [0.2, 0.25) is 0 Å². The number of anilines is 3. The molecule has 0 bridgehead atoms. The summed E-state index contributed by atoms with van der Waals surface area (Å²) in [4.78, 5) is 3.61. The van der Waals surface area contributed by atoms with Crippen molar-refractivity contribution < 1.29 is 18.3 Å². The molecule has 7 heteroatoms. The summed E-state index contributed by atoms with van der Waals surface area (Å²) in [5.41, 5.74) is 5.81. The third kappa shape index (κ3) is 2.71. The summed E-state index contributed by atoms with van der Waals surface area (Å²) >= 11 is 0. The number of nitrogen functional groups attached to an aromatic ring is 1. The summed E-state index contributed by atoms with van der Waals surface area (Å²) in [6.45, 7) is 0. The number of pyridine rings is 1. The van der Waals surface area contributed by atoms with Crippen molar-refractivity contribution in [1.29, 1.82) is 0 Å². The first-order valence-corrected chi connectivity index (χ1v) is 5.65. The van der Waals surface area contributed by atoms with Crippen molar-refractivity contribution in [3.8, 4) is 11.5 Å². The van der Waals surface area contributed by atoms with Gasteiger partial charge in [0, 0.05) is 17.8 Å². The predicted molar refractivity (Wildman–Crippen MR) is 71.4 cm³/mol. The molecule has 0 amide bonds. The quantitative estimate of drug-likeness (QED) is 0.901. The van der Waals surface area contributed by atoms with E-state index >= 15 is 0 Å². The van der Waals surface area contributed by atoms with E-state index in [9.17, 15) is 8.78 Å². The summed E-state index contributed by atoms with van der Waals surface area (Å²) in [5, 5.41) is 2.70. The van der Waals surface area contributed by atoms with Gasteiger partial charge in [-0.15, -0.1) is 0 Å². The Labute approximate surface area is 114 Å². The van der Waals surface area contributed by atoms with Crippen molar-refractivity contribution in [2.24, 2.45) is 0 Å². The Hall–Kier alpha value is -2.57. The van der Waals surface area contributed by atoms with Gasteiger partial charge in [0.15, 0.2) is 34.8 Å². The molecule has 0 fully saturated rings. The maximum absolute atomic E-state index is 13.6. The maximum atomic E-state index is 13.6. The van der Waals surface area contributed by atoms with Crippen molar-refractivity contribution in [2.75, 3.05) is 25.3 Å². The van der Waals surface area contributed by atoms with Gasteiger partial charge in [-0.3, -0.25) is 0 Å². The Morgan fingerprint density at radius 2 is 1.75 bits per heavy atom. The summed E-state index contributed by atoms with van der Waals surface area (Å²) in [6, 6.07) is 5.55. The molecule has 0 aliphatic rings. The van der Waals surface area contributed by atoms with Crippen LogP contribution in [0.25, 0.3) is 0 Å². The lowest BCUT2D eigenvalue weighted by molar-refractivity contribution is 0.355. The summed E-state index contributed by atoms with van der Waals surface area (Å²) in [6.07, 6.45) is 0. The number of hydrogen-bond acceptors (Lipinski definition) is 5. The van der Waals surface area contributed by atoms with Crippen molar-refractivity contribution in [3.05, 3.63) is 35.9 Å². The van der Waals surface area contributed by atoms with Crippen LogP contribution in [-0.2, 0) is 0 Å². The lowest BCUT2D eigenvalue weighted by Gasteiger charge is -2.11.